The Bertz CT molecular complexity index is 782. The second-order valence-corrected chi connectivity index (χ2v) is 9.03. The van der Waals surface area contributed by atoms with Gasteiger partial charge in [0.25, 0.3) is 5.91 Å². The molecule has 1 saturated carbocycles. The first-order valence-corrected chi connectivity index (χ1v) is 11.3. The van der Waals surface area contributed by atoms with Crippen LogP contribution in [0, 0.1) is 11.7 Å². The predicted octanol–water partition coefficient (Wildman–Crippen LogP) is 4.84. The van der Waals surface area contributed by atoms with Crippen LogP contribution >= 0.6 is 11.3 Å². The van der Waals surface area contributed by atoms with Gasteiger partial charge in [0.05, 0.1) is 5.56 Å². The van der Waals surface area contributed by atoms with Gasteiger partial charge >= 0.3 is 0 Å². The fourth-order valence-corrected chi connectivity index (χ4v) is 5.30. The summed E-state index contributed by atoms with van der Waals surface area (Å²) < 4.78 is 14.4. The summed E-state index contributed by atoms with van der Waals surface area (Å²) in [5.74, 6) is 0.281. The van der Waals surface area contributed by atoms with Crippen molar-refractivity contribution in [2.45, 2.75) is 50.6 Å². The third-order valence-electron chi connectivity index (χ3n) is 6.68. The summed E-state index contributed by atoms with van der Waals surface area (Å²) in [6.45, 7) is 2.20. The van der Waals surface area contributed by atoms with Crippen LogP contribution in [0.4, 0.5) is 4.39 Å². The van der Waals surface area contributed by atoms with Gasteiger partial charge in [-0.3, -0.25) is 4.79 Å². The van der Waals surface area contributed by atoms with Gasteiger partial charge in [-0.25, -0.2) is 4.39 Å². The summed E-state index contributed by atoms with van der Waals surface area (Å²) in [6.07, 6.45) is 6.76. The molecule has 0 radical (unpaired) electrons. The lowest BCUT2D eigenvalue weighted by Gasteiger charge is -2.45. The average Bonchev–Trinajstić information content (AvgIpc) is 3.20. The Morgan fingerprint density at radius 3 is 2.57 bits per heavy atom. The minimum Gasteiger partial charge on any atom is -0.338 e. The summed E-state index contributed by atoms with van der Waals surface area (Å²) in [7, 11) is 1.89. The number of amides is 1. The molecule has 1 aliphatic heterocycles. The number of likely N-dealkylation sites (N-methyl/N-ethyl adjacent to an activating group) is 1. The van der Waals surface area contributed by atoms with Crippen molar-refractivity contribution in [2.24, 2.45) is 5.92 Å². The summed E-state index contributed by atoms with van der Waals surface area (Å²) >= 11 is 1.54. The molecule has 150 valence electrons. The van der Waals surface area contributed by atoms with Crippen LogP contribution < -0.4 is 0 Å². The van der Waals surface area contributed by atoms with E-state index in [1.165, 1.54) is 36.7 Å². The van der Waals surface area contributed by atoms with E-state index in [1.54, 1.807) is 6.07 Å². The molecule has 0 unspecified atom stereocenters. The summed E-state index contributed by atoms with van der Waals surface area (Å²) in [4.78, 5) is 17.5. The Kier molecular flexibility index (Phi) is 6.12. The third kappa shape index (κ3) is 4.15. The molecule has 1 atom stereocenters. The fourth-order valence-electron chi connectivity index (χ4n) is 4.67. The smallest absolute Gasteiger partial charge is 0.254 e. The fraction of sp³-hybridized carbons (Fsp3) is 0.522. The van der Waals surface area contributed by atoms with E-state index in [1.807, 2.05) is 40.9 Å². The van der Waals surface area contributed by atoms with Gasteiger partial charge in [0.1, 0.15) is 5.82 Å². The van der Waals surface area contributed by atoms with Crippen LogP contribution in [0.25, 0.3) is 0 Å². The molecule has 1 saturated heterocycles. The third-order valence-corrected chi connectivity index (χ3v) is 7.37. The van der Waals surface area contributed by atoms with Crippen LogP contribution in [0.3, 0.4) is 0 Å². The minimum atomic E-state index is -0.171. The summed E-state index contributed by atoms with van der Waals surface area (Å²) in [6, 6.07) is 9.66. The van der Waals surface area contributed by atoms with Crippen molar-refractivity contribution in [1.29, 1.82) is 0 Å². The number of likely N-dealkylation sites (tertiary alicyclic amines) is 1. The first kappa shape index (κ1) is 19.6. The van der Waals surface area contributed by atoms with Crippen molar-refractivity contribution in [3.05, 3.63) is 58.0 Å². The van der Waals surface area contributed by atoms with E-state index in [4.69, 9.17) is 0 Å². The van der Waals surface area contributed by atoms with Gasteiger partial charge in [-0.15, -0.1) is 0 Å². The summed E-state index contributed by atoms with van der Waals surface area (Å²) in [5, 5.41) is 3.84. The number of benzene rings is 1. The number of hydrogen-bond donors (Lipinski definition) is 0. The molecule has 1 aromatic carbocycles. The molecular weight excluding hydrogens is 371 g/mol. The van der Waals surface area contributed by atoms with Crippen molar-refractivity contribution in [2.75, 3.05) is 20.1 Å². The van der Waals surface area contributed by atoms with Gasteiger partial charge in [-0.2, -0.15) is 11.3 Å². The highest BCUT2D eigenvalue weighted by atomic mass is 32.1. The van der Waals surface area contributed by atoms with Crippen molar-refractivity contribution >= 4 is 17.2 Å². The Morgan fingerprint density at radius 2 is 1.96 bits per heavy atom. The van der Waals surface area contributed by atoms with Gasteiger partial charge in [-0.05, 0) is 74.2 Å². The maximum absolute atomic E-state index is 14.4. The zero-order valence-corrected chi connectivity index (χ0v) is 17.3. The highest BCUT2D eigenvalue weighted by Crippen LogP contribution is 2.32. The lowest BCUT2D eigenvalue weighted by molar-refractivity contribution is 0.0443. The van der Waals surface area contributed by atoms with Crippen LogP contribution in [0.15, 0.2) is 41.1 Å². The van der Waals surface area contributed by atoms with E-state index >= 15 is 0 Å². The quantitative estimate of drug-likeness (QED) is 0.693. The van der Waals surface area contributed by atoms with Gasteiger partial charge in [0.15, 0.2) is 0 Å². The van der Waals surface area contributed by atoms with Crippen LogP contribution in [-0.2, 0) is 6.42 Å². The molecular formula is C23H29FN2OS. The zero-order valence-electron chi connectivity index (χ0n) is 16.5. The minimum absolute atomic E-state index is 0.0211. The first-order valence-electron chi connectivity index (χ1n) is 10.4. The Labute approximate surface area is 171 Å². The molecule has 2 fully saturated rings. The maximum atomic E-state index is 14.4. The van der Waals surface area contributed by atoms with E-state index in [0.29, 0.717) is 17.9 Å². The van der Waals surface area contributed by atoms with Gasteiger partial charge in [0.2, 0.25) is 0 Å². The molecule has 2 aromatic rings. The largest absolute Gasteiger partial charge is 0.338 e. The highest BCUT2D eigenvalue weighted by molar-refractivity contribution is 7.08. The second-order valence-electron chi connectivity index (χ2n) is 8.25. The zero-order chi connectivity index (χ0) is 19.5. The van der Waals surface area contributed by atoms with Crippen LogP contribution in [-0.4, -0.2) is 47.9 Å². The molecule has 0 spiro atoms. The molecule has 0 N–H and O–H groups in total. The number of carbonyl (C=O) groups excluding carboxylic acids is 1. The SMILES string of the molecule is CN(C(=O)c1ccsc1)[C@H](Cc1ccccc1F)C1CCN(C2CCC2)CC1. The molecule has 1 aliphatic carbocycles. The number of piperidine rings is 1. The van der Waals surface area contributed by atoms with Gasteiger partial charge < -0.3 is 9.80 Å². The van der Waals surface area contributed by atoms with Crippen molar-refractivity contribution in [3.8, 4) is 0 Å². The normalized spacial score (nSPS) is 19.9. The number of rotatable bonds is 6. The number of thiophene rings is 1. The van der Waals surface area contributed by atoms with Crippen molar-refractivity contribution < 1.29 is 9.18 Å². The number of hydrogen-bond acceptors (Lipinski definition) is 3. The van der Waals surface area contributed by atoms with E-state index in [0.717, 1.165) is 37.5 Å². The van der Waals surface area contributed by atoms with E-state index in [-0.39, 0.29) is 17.8 Å². The van der Waals surface area contributed by atoms with Gasteiger partial charge in [-0.1, -0.05) is 24.6 Å². The molecule has 5 heteroatoms. The highest BCUT2D eigenvalue weighted by Gasteiger charge is 2.35. The van der Waals surface area contributed by atoms with Crippen LogP contribution in [0.1, 0.15) is 48.0 Å². The molecule has 1 amide bonds. The van der Waals surface area contributed by atoms with E-state index in [9.17, 15) is 9.18 Å². The lowest BCUT2D eigenvalue weighted by Crippen LogP contribution is -2.50. The Balaban J connectivity index is 1.51. The Morgan fingerprint density at radius 1 is 1.21 bits per heavy atom. The topological polar surface area (TPSA) is 23.6 Å². The molecule has 28 heavy (non-hydrogen) atoms. The Hall–Kier alpha value is -1.72. The van der Waals surface area contributed by atoms with Crippen molar-refractivity contribution in [1.82, 2.24) is 9.80 Å². The molecule has 4 rings (SSSR count). The molecule has 3 nitrogen and oxygen atoms in total. The van der Waals surface area contributed by atoms with Crippen LogP contribution in [0.2, 0.25) is 0 Å². The summed E-state index contributed by atoms with van der Waals surface area (Å²) in [5.41, 5.74) is 1.44. The molecule has 2 heterocycles. The number of halogens is 1. The monoisotopic (exact) mass is 400 g/mol. The molecule has 1 aromatic heterocycles. The molecule has 0 bridgehead atoms. The van der Waals surface area contributed by atoms with Crippen molar-refractivity contribution in [3.63, 3.8) is 0 Å². The number of carbonyl (C=O) groups is 1. The molecule has 2 aliphatic rings. The predicted molar refractivity (Wildman–Crippen MR) is 112 cm³/mol. The standard InChI is InChI=1S/C23H29FN2OS/c1-25(23(27)19-11-14-28-16-19)22(15-18-5-2-3-8-21(18)24)17-9-12-26(13-10-17)20-6-4-7-20/h2-3,5,8,11,14,16-17,20,22H,4,6-7,9-10,12-13,15H2,1H3/t22-/m1/s1. The average molecular weight is 401 g/mol. The number of nitrogens with zero attached hydrogens (tertiary/aromatic N) is 2. The lowest BCUT2D eigenvalue weighted by atomic mass is 9.82. The van der Waals surface area contributed by atoms with E-state index < -0.39 is 0 Å². The van der Waals surface area contributed by atoms with E-state index in [2.05, 4.69) is 4.90 Å². The van der Waals surface area contributed by atoms with Gasteiger partial charge in [0, 0.05) is 24.5 Å². The first-order chi connectivity index (χ1) is 13.6. The van der Waals surface area contributed by atoms with Crippen LogP contribution in [0.5, 0.6) is 0 Å². The maximum Gasteiger partial charge on any atom is 0.254 e. The second kappa shape index (κ2) is 8.75.